The first-order valence-corrected chi connectivity index (χ1v) is 10.8. The van der Waals surface area contributed by atoms with Crippen molar-refractivity contribution >= 4 is 23.2 Å². The molecule has 0 bridgehead atoms. The molecular formula is C26H28ClNO3. The molecule has 3 aromatic rings. The quantitative estimate of drug-likeness (QED) is 0.412. The molecule has 0 unspecified atom stereocenters. The Hall–Kier alpha value is -2.98. The van der Waals surface area contributed by atoms with E-state index in [1.807, 2.05) is 50.2 Å². The van der Waals surface area contributed by atoms with Crippen molar-refractivity contribution in [1.29, 1.82) is 0 Å². The topological polar surface area (TPSA) is 47.6 Å². The Balaban J connectivity index is 1.84. The van der Waals surface area contributed by atoms with E-state index < -0.39 is 0 Å². The van der Waals surface area contributed by atoms with Crippen molar-refractivity contribution in [2.45, 2.75) is 40.2 Å². The molecule has 0 aliphatic rings. The number of carbonyl (C=O) groups excluding carboxylic acids is 1. The zero-order valence-electron chi connectivity index (χ0n) is 18.4. The van der Waals surface area contributed by atoms with Gasteiger partial charge in [0.25, 0.3) is 5.91 Å². The second-order valence-corrected chi connectivity index (χ2v) is 8.09. The van der Waals surface area contributed by atoms with E-state index in [0.717, 1.165) is 22.4 Å². The van der Waals surface area contributed by atoms with Crippen molar-refractivity contribution in [3.05, 3.63) is 87.9 Å². The highest BCUT2D eigenvalue weighted by molar-refractivity contribution is 6.31. The van der Waals surface area contributed by atoms with Crippen LogP contribution in [0.2, 0.25) is 5.02 Å². The van der Waals surface area contributed by atoms with Crippen LogP contribution >= 0.6 is 11.6 Å². The summed E-state index contributed by atoms with van der Waals surface area (Å²) in [5, 5.41) is 3.51. The van der Waals surface area contributed by atoms with Gasteiger partial charge >= 0.3 is 0 Å². The Morgan fingerprint density at radius 2 is 1.77 bits per heavy atom. The van der Waals surface area contributed by atoms with Gasteiger partial charge in [0, 0.05) is 21.8 Å². The molecule has 1 N–H and O–H groups in total. The van der Waals surface area contributed by atoms with Crippen LogP contribution in [0.3, 0.4) is 0 Å². The summed E-state index contributed by atoms with van der Waals surface area (Å²) in [5.41, 5.74) is 4.12. The summed E-state index contributed by atoms with van der Waals surface area (Å²) in [6.45, 7) is 8.96. The Morgan fingerprint density at radius 1 is 1.00 bits per heavy atom. The third-order valence-corrected chi connectivity index (χ3v) is 5.23. The van der Waals surface area contributed by atoms with Gasteiger partial charge in [-0.1, -0.05) is 49.7 Å². The lowest BCUT2D eigenvalue weighted by Gasteiger charge is -2.16. The molecule has 3 rings (SSSR count). The minimum atomic E-state index is -0.211. The van der Waals surface area contributed by atoms with E-state index in [1.165, 1.54) is 0 Å². The van der Waals surface area contributed by atoms with Crippen molar-refractivity contribution in [2.75, 3.05) is 11.9 Å². The highest BCUT2D eigenvalue weighted by atomic mass is 35.5. The fourth-order valence-electron chi connectivity index (χ4n) is 3.30. The summed E-state index contributed by atoms with van der Waals surface area (Å²) in [6, 6.07) is 18.8. The summed E-state index contributed by atoms with van der Waals surface area (Å²) >= 11 is 6.08. The van der Waals surface area contributed by atoms with Crippen molar-refractivity contribution < 1.29 is 14.3 Å². The molecule has 0 heterocycles. The Kier molecular flexibility index (Phi) is 7.59. The van der Waals surface area contributed by atoms with Crippen LogP contribution in [0.15, 0.2) is 60.7 Å². The van der Waals surface area contributed by atoms with Crippen molar-refractivity contribution in [3.8, 4) is 11.5 Å². The van der Waals surface area contributed by atoms with Gasteiger partial charge in [-0.25, -0.2) is 0 Å². The molecule has 0 aliphatic carbocycles. The van der Waals surface area contributed by atoms with Crippen LogP contribution in [0.1, 0.15) is 53.7 Å². The number of rotatable bonds is 8. The first kappa shape index (κ1) is 22.7. The van der Waals surface area contributed by atoms with Gasteiger partial charge in [0.15, 0.2) is 0 Å². The number of anilines is 1. The van der Waals surface area contributed by atoms with E-state index in [2.05, 4.69) is 25.2 Å². The maximum atomic E-state index is 12.9. The number of nitrogens with one attached hydrogen (secondary N) is 1. The molecule has 0 saturated carbocycles. The normalized spacial score (nSPS) is 10.8. The number of aryl methyl sites for hydroxylation is 1. The lowest BCUT2D eigenvalue weighted by atomic mass is 10.0. The number of hydrogen-bond acceptors (Lipinski definition) is 3. The van der Waals surface area contributed by atoms with Gasteiger partial charge in [0.1, 0.15) is 18.1 Å². The summed E-state index contributed by atoms with van der Waals surface area (Å²) in [5.74, 6) is 1.68. The maximum Gasteiger partial charge on any atom is 0.255 e. The van der Waals surface area contributed by atoms with Crippen LogP contribution in [-0.2, 0) is 6.61 Å². The van der Waals surface area contributed by atoms with Crippen LogP contribution < -0.4 is 14.8 Å². The predicted molar refractivity (Wildman–Crippen MR) is 127 cm³/mol. The van der Waals surface area contributed by atoms with Gasteiger partial charge in [-0.15, -0.1) is 0 Å². The molecule has 0 fully saturated rings. The summed E-state index contributed by atoms with van der Waals surface area (Å²) in [6.07, 6.45) is 0. The number of carbonyl (C=O) groups is 1. The van der Waals surface area contributed by atoms with E-state index in [9.17, 15) is 4.79 Å². The maximum absolute atomic E-state index is 12.9. The van der Waals surface area contributed by atoms with Crippen LogP contribution in [0, 0.1) is 6.92 Å². The molecule has 0 aliphatic heterocycles. The number of benzene rings is 3. The molecule has 3 aromatic carbocycles. The summed E-state index contributed by atoms with van der Waals surface area (Å²) < 4.78 is 11.9. The van der Waals surface area contributed by atoms with Gasteiger partial charge in [-0.2, -0.15) is 0 Å². The lowest BCUT2D eigenvalue weighted by molar-refractivity contribution is 0.102. The third-order valence-electron chi connectivity index (χ3n) is 4.99. The molecule has 1 amide bonds. The van der Waals surface area contributed by atoms with Gasteiger partial charge in [0.05, 0.1) is 6.61 Å². The van der Waals surface area contributed by atoms with E-state index in [1.54, 1.807) is 18.2 Å². The molecule has 5 heteroatoms. The summed E-state index contributed by atoms with van der Waals surface area (Å²) in [4.78, 5) is 12.9. The molecule has 0 aromatic heterocycles. The Morgan fingerprint density at radius 3 is 2.52 bits per heavy atom. The molecule has 162 valence electrons. The first-order valence-electron chi connectivity index (χ1n) is 10.4. The van der Waals surface area contributed by atoms with Gasteiger partial charge in [-0.05, 0) is 67.3 Å². The van der Waals surface area contributed by atoms with Crippen molar-refractivity contribution in [1.82, 2.24) is 0 Å². The summed E-state index contributed by atoms with van der Waals surface area (Å²) in [7, 11) is 0. The van der Waals surface area contributed by atoms with Crippen LogP contribution in [0.4, 0.5) is 5.69 Å². The second-order valence-electron chi connectivity index (χ2n) is 7.65. The van der Waals surface area contributed by atoms with E-state index in [0.29, 0.717) is 41.2 Å². The Bertz CT molecular complexity index is 1060. The average molecular weight is 438 g/mol. The smallest absolute Gasteiger partial charge is 0.255 e. The van der Waals surface area contributed by atoms with Gasteiger partial charge < -0.3 is 14.8 Å². The number of halogens is 1. The van der Waals surface area contributed by atoms with Crippen LogP contribution in [0.25, 0.3) is 0 Å². The van der Waals surface area contributed by atoms with Gasteiger partial charge in [-0.3, -0.25) is 4.79 Å². The number of amides is 1. The van der Waals surface area contributed by atoms with Crippen molar-refractivity contribution in [2.24, 2.45) is 0 Å². The largest absolute Gasteiger partial charge is 0.493 e. The average Bonchev–Trinajstić information content (AvgIpc) is 2.75. The predicted octanol–water partition coefficient (Wildman–Crippen LogP) is 7.00. The van der Waals surface area contributed by atoms with Crippen LogP contribution in [-0.4, -0.2) is 12.5 Å². The van der Waals surface area contributed by atoms with E-state index in [4.69, 9.17) is 21.1 Å². The van der Waals surface area contributed by atoms with Crippen molar-refractivity contribution in [3.63, 3.8) is 0 Å². The number of hydrogen-bond donors (Lipinski definition) is 1. The second kappa shape index (κ2) is 10.4. The standard InChI is InChI=1S/C26H28ClNO3/c1-5-30-24-13-11-19(26(29)28-23-15-21(27)12-10-18(23)4)14-20(24)16-31-25-9-7-6-8-22(25)17(2)3/h6-15,17H,5,16H2,1-4H3,(H,28,29). The lowest BCUT2D eigenvalue weighted by Crippen LogP contribution is -2.14. The zero-order chi connectivity index (χ0) is 22.4. The highest BCUT2D eigenvalue weighted by Gasteiger charge is 2.14. The fraction of sp³-hybridized carbons (Fsp3) is 0.269. The van der Waals surface area contributed by atoms with E-state index in [-0.39, 0.29) is 5.91 Å². The number of para-hydroxylation sites is 1. The molecular weight excluding hydrogens is 410 g/mol. The first-order chi connectivity index (χ1) is 14.9. The molecule has 31 heavy (non-hydrogen) atoms. The number of ether oxygens (including phenoxy) is 2. The minimum absolute atomic E-state index is 0.211. The molecule has 0 saturated heterocycles. The monoisotopic (exact) mass is 437 g/mol. The molecule has 0 atom stereocenters. The van der Waals surface area contributed by atoms with Crippen LogP contribution in [0.5, 0.6) is 11.5 Å². The highest BCUT2D eigenvalue weighted by Crippen LogP contribution is 2.29. The SMILES string of the molecule is CCOc1ccc(C(=O)Nc2cc(Cl)ccc2C)cc1COc1ccccc1C(C)C. The fourth-order valence-corrected chi connectivity index (χ4v) is 3.47. The zero-order valence-corrected chi connectivity index (χ0v) is 19.1. The molecule has 0 spiro atoms. The molecule has 4 nitrogen and oxygen atoms in total. The Labute approximate surface area is 189 Å². The minimum Gasteiger partial charge on any atom is -0.493 e. The molecule has 0 radical (unpaired) electrons. The third kappa shape index (κ3) is 5.80. The van der Waals surface area contributed by atoms with Gasteiger partial charge in [0.2, 0.25) is 0 Å². The van der Waals surface area contributed by atoms with E-state index >= 15 is 0 Å².